The Balaban J connectivity index is 1.42. The first-order valence-corrected chi connectivity index (χ1v) is 19.4. The molecule has 3 N–H and O–H groups in total. The van der Waals surface area contributed by atoms with Gasteiger partial charge in [-0.05, 0) is 85.3 Å². The molecule has 0 fully saturated rings. The number of sulfonamides is 2. The molecule has 4 aromatic carbocycles. The largest absolute Gasteiger partial charge is 0.511 e. The normalized spacial score (nSPS) is 17.3. The number of anilines is 2. The molecule has 0 aromatic heterocycles. The maximum atomic E-state index is 13.4. The standard InChI is InChI=1S/C38H42N2O7S2/c1-3-5-23-38(24-22-28-14-12-16-30(25-28)39-48(43,44)32-18-8-6-9-19-32)27-47-37(42)35(36(38)41)34(4-2)29-15-13-17-31(26-29)40-49(45,46)33-20-10-7-11-21-33/h6-21,25-26,34,39-41H,3-5,22-24,27H2,1-2H3. The van der Waals surface area contributed by atoms with Gasteiger partial charge in [0.15, 0.2) is 0 Å². The summed E-state index contributed by atoms with van der Waals surface area (Å²) in [5.41, 5.74) is 1.62. The highest BCUT2D eigenvalue weighted by Crippen LogP contribution is 2.46. The van der Waals surface area contributed by atoms with Gasteiger partial charge in [0, 0.05) is 17.3 Å². The quantitative estimate of drug-likeness (QED) is 0.107. The van der Waals surface area contributed by atoms with Crippen molar-refractivity contribution in [1.82, 2.24) is 0 Å². The molecule has 11 heteroatoms. The van der Waals surface area contributed by atoms with Crippen LogP contribution in [0.3, 0.4) is 0 Å². The van der Waals surface area contributed by atoms with Gasteiger partial charge in [0.25, 0.3) is 20.0 Å². The van der Waals surface area contributed by atoms with Crippen molar-refractivity contribution >= 4 is 37.4 Å². The first kappa shape index (κ1) is 35.7. The molecule has 49 heavy (non-hydrogen) atoms. The van der Waals surface area contributed by atoms with E-state index < -0.39 is 37.3 Å². The fourth-order valence-electron chi connectivity index (χ4n) is 6.29. The van der Waals surface area contributed by atoms with E-state index in [-0.39, 0.29) is 27.7 Å². The van der Waals surface area contributed by atoms with Crippen LogP contribution in [0, 0.1) is 5.41 Å². The van der Waals surface area contributed by atoms with Crippen molar-refractivity contribution in [2.75, 3.05) is 16.1 Å². The van der Waals surface area contributed by atoms with Gasteiger partial charge in [0.2, 0.25) is 0 Å². The molecule has 1 heterocycles. The number of benzene rings is 4. The number of hydrogen-bond acceptors (Lipinski definition) is 7. The molecule has 2 atom stereocenters. The molecule has 1 aliphatic heterocycles. The number of carbonyl (C=O) groups excluding carboxylic acids is 1. The fourth-order valence-corrected chi connectivity index (χ4v) is 8.43. The van der Waals surface area contributed by atoms with Gasteiger partial charge in [-0.25, -0.2) is 21.6 Å². The van der Waals surface area contributed by atoms with E-state index in [0.717, 1.165) is 18.4 Å². The highest BCUT2D eigenvalue weighted by atomic mass is 32.2. The Bertz CT molecular complexity index is 2020. The Morgan fingerprint density at radius 2 is 1.33 bits per heavy atom. The number of rotatable bonds is 15. The fraction of sp³-hybridized carbons (Fsp3) is 0.289. The predicted molar refractivity (Wildman–Crippen MR) is 191 cm³/mol. The van der Waals surface area contributed by atoms with Gasteiger partial charge in [-0.1, -0.05) is 87.4 Å². The summed E-state index contributed by atoms with van der Waals surface area (Å²) in [7, 11) is -7.61. The highest BCUT2D eigenvalue weighted by molar-refractivity contribution is 7.93. The van der Waals surface area contributed by atoms with Crippen LogP contribution in [-0.4, -0.2) is 34.5 Å². The summed E-state index contributed by atoms with van der Waals surface area (Å²) >= 11 is 0. The minimum Gasteiger partial charge on any atom is -0.511 e. The van der Waals surface area contributed by atoms with E-state index in [1.54, 1.807) is 72.8 Å². The summed E-state index contributed by atoms with van der Waals surface area (Å²) in [6.45, 7) is 3.99. The Kier molecular flexibility index (Phi) is 11.1. The number of aryl methyl sites for hydroxylation is 1. The molecule has 0 spiro atoms. The molecule has 0 aliphatic carbocycles. The smallest absolute Gasteiger partial charge is 0.338 e. The first-order valence-electron chi connectivity index (χ1n) is 16.4. The highest BCUT2D eigenvalue weighted by Gasteiger charge is 2.45. The minimum absolute atomic E-state index is 0.000235. The van der Waals surface area contributed by atoms with E-state index in [0.29, 0.717) is 42.6 Å². The number of nitrogens with one attached hydrogen (secondary N) is 2. The number of cyclic esters (lactones) is 1. The molecule has 0 amide bonds. The summed E-state index contributed by atoms with van der Waals surface area (Å²) < 4.78 is 63.0. The Morgan fingerprint density at radius 3 is 1.90 bits per heavy atom. The van der Waals surface area contributed by atoms with Crippen LogP contribution in [0.2, 0.25) is 0 Å². The van der Waals surface area contributed by atoms with Crippen LogP contribution in [0.25, 0.3) is 0 Å². The van der Waals surface area contributed by atoms with Gasteiger partial charge >= 0.3 is 5.97 Å². The lowest BCUT2D eigenvalue weighted by Crippen LogP contribution is -2.39. The van der Waals surface area contributed by atoms with Gasteiger partial charge in [-0.15, -0.1) is 0 Å². The second-order valence-electron chi connectivity index (χ2n) is 12.3. The van der Waals surface area contributed by atoms with Crippen molar-refractivity contribution < 1.29 is 31.5 Å². The predicted octanol–water partition coefficient (Wildman–Crippen LogP) is 7.96. The van der Waals surface area contributed by atoms with Crippen molar-refractivity contribution in [3.05, 3.63) is 132 Å². The van der Waals surface area contributed by atoms with Gasteiger partial charge < -0.3 is 9.84 Å². The summed E-state index contributed by atoms with van der Waals surface area (Å²) in [5.74, 6) is -1.14. The molecule has 0 radical (unpaired) electrons. The second kappa shape index (κ2) is 15.3. The zero-order valence-electron chi connectivity index (χ0n) is 27.6. The van der Waals surface area contributed by atoms with E-state index in [1.165, 1.54) is 24.3 Å². The SMILES string of the molecule is CCCCC1(CCc2cccc(NS(=O)(=O)c3ccccc3)c2)COC(=O)C(C(CC)c2cccc(NS(=O)(=O)c3ccccc3)c2)=C1O. The van der Waals surface area contributed by atoms with Crippen molar-refractivity contribution in [3.8, 4) is 0 Å². The summed E-state index contributed by atoms with van der Waals surface area (Å²) in [6, 6.07) is 30.2. The topological polar surface area (TPSA) is 139 Å². The lowest BCUT2D eigenvalue weighted by molar-refractivity contribution is -0.147. The van der Waals surface area contributed by atoms with Gasteiger partial charge in [0.05, 0.1) is 20.8 Å². The average Bonchev–Trinajstić information content (AvgIpc) is 3.10. The van der Waals surface area contributed by atoms with Crippen LogP contribution in [0.1, 0.15) is 63.0 Å². The van der Waals surface area contributed by atoms with Crippen LogP contribution in [0.4, 0.5) is 11.4 Å². The monoisotopic (exact) mass is 702 g/mol. The van der Waals surface area contributed by atoms with E-state index in [1.807, 2.05) is 19.1 Å². The molecular formula is C38H42N2O7S2. The van der Waals surface area contributed by atoms with Crippen LogP contribution >= 0.6 is 0 Å². The van der Waals surface area contributed by atoms with Crippen LogP contribution in [-0.2, 0) is 36.0 Å². The van der Waals surface area contributed by atoms with Crippen LogP contribution in [0.15, 0.2) is 130 Å². The molecule has 258 valence electrons. The molecule has 0 saturated carbocycles. The van der Waals surface area contributed by atoms with Crippen molar-refractivity contribution in [3.63, 3.8) is 0 Å². The van der Waals surface area contributed by atoms with E-state index in [2.05, 4.69) is 16.4 Å². The Labute approximate surface area is 289 Å². The van der Waals surface area contributed by atoms with Gasteiger partial charge in [-0.2, -0.15) is 0 Å². The lowest BCUT2D eigenvalue weighted by atomic mass is 9.71. The van der Waals surface area contributed by atoms with E-state index in [4.69, 9.17) is 4.74 Å². The number of ether oxygens (including phenoxy) is 1. The number of hydrogen-bond donors (Lipinski definition) is 3. The third-order valence-corrected chi connectivity index (χ3v) is 11.7. The van der Waals surface area contributed by atoms with Gasteiger partial charge in [0.1, 0.15) is 12.4 Å². The van der Waals surface area contributed by atoms with Gasteiger partial charge in [-0.3, -0.25) is 9.44 Å². The number of aliphatic hydroxyl groups is 1. The number of carbonyl (C=O) groups is 1. The maximum Gasteiger partial charge on any atom is 0.338 e. The number of aliphatic hydroxyl groups excluding tert-OH is 1. The molecular weight excluding hydrogens is 661 g/mol. The lowest BCUT2D eigenvalue weighted by Gasteiger charge is -2.39. The average molecular weight is 703 g/mol. The molecule has 2 unspecified atom stereocenters. The van der Waals surface area contributed by atoms with E-state index >= 15 is 0 Å². The molecule has 1 aliphatic rings. The summed E-state index contributed by atoms with van der Waals surface area (Å²) in [4.78, 5) is 13.7. The van der Waals surface area contributed by atoms with Crippen LogP contribution < -0.4 is 9.44 Å². The molecule has 5 rings (SSSR count). The second-order valence-corrected chi connectivity index (χ2v) is 15.7. The number of esters is 1. The summed E-state index contributed by atoms with van der Waals surface area (Å²) in [5, 5.41) is 12.0. The molecule has 9 nitrogen and oxygen atoms in total. The molecule has 0 bridgehead atoms. The zero-order valence-corrected chi connectivity index (χ0v) is 29.3. The van der Waals surface area contributed by atoms with Crippen molar-refractivity contribution in [2.45, 2.75) is 68.1 Å². The van der Waals surface area contributed by atoms with Crippen LogP contribution in [0.5, 0.6) is 0 Å². The number of unbranched alkanes of at least 4 members (excludes halogenated alkanes) is 1. The molecule has 4 aromatic rings. The third kappa shape index (κ3) is 8.34. The third-order valence-electron chi connectivity index (χ3n) is 8.94. The maximum absolute atomic E-state index is 13.4. The molecule has 0 saturated heterocycles. The first-order chi connectivity index (χ1) is 23.5. The van der Waals surface area contributed by atoms with Crippen molar-refractivity contribution in [2.24, 2.45) is 5.41 Å². The van der Waals surface area contributed by atoms with Crippen molar-refractivity contribution in [1.29, 1.82) is 0 Å². The Morgan fingerprint density at radius 1 is 0.755 bits per heavy atom. The minimum atomic E-state index is -3.84. The summed E-state index contributed by atoms with van der Waals surface area (Å²) in [6.07, 6.45) is 3.65. The van der Waals surface area contributed by atoms with E-state index in [9.17, 15) is 26.7 Å². The zero-order chi connectivity index (χ0) is 35.1. The Hall–Kier alpha value is -4.61.